The van der Waals surface area contributed by atoms with Crippen molar-refractivity contribution in [3.63, 3.8) is 0 Å². The van der Waals surface area contributed by atoms with Crippen LogP contribution in [0, 0.1) is 0 Å². The molecule has 0 saturated carbocycles. The van der Waals surface area contributed by atoms with Crippen molar-refractivity contribution < 1.29 is 9.22 Å². The van der Waals surface area contributed by atoms with Crippen molar-refractivity contribution >= 4 is 0 Å². The summed E-state index contributed by atoms with van der Waals surface area (Å²) in [5, 5.41) is 0. The number of hydrogen-bond donors (Lipinski definition) is 0. The van der Waals surface area contributed by atoms with Gasteiger partial charge in [0, 0.05) is 26.2 Å². The maximum Gasteiger partial charge on any atom is 0.102 e. The summed E-state index contributed by atoms with van der Waals surface area (Å²) in [7, 11) is 4.13. The van der Waals surface area contributed by atoms with Gasteiger partial charge in [-0.15, -0.1) is 0 Å². The monoisotopic (exact) mass is 201 g/mol. The molecule has 0 aromatic heterocycles. The predicted octanol–water partition coefficient (Wildman–Crippen LogP) is 0.803. The molecule has 0 aliphatic carbocycles. The normalized spacial score (nSPS) is 22.9. The summed E-state index contributed by atoms with van der Waals surface area (Å²) in [6.07, 6.45) is 0. The van der Waals surface area contributed by atoms with E-state index in [4.69, 9.17) is 4.74 Å². The van der Waals surface area contributed by atoms with Crippen molar-refractivity contribution in [1.29, 1.82) is 0 Å². The first-order valence-electron chi connectivity index (χ1n) is 5.64. The standard InChI is InChI=1S/C11H25N2O/c1-11(2)12-5-7-13(3,8-6-12)9-10-14-4/h11H,5-10H2,1-4H3/q+1. The maximum absolute atomic E-state index is 5.15. The maximum atomic E-state index is 5.15. The lowest BCUT2D eigenvalue weighted by molar-refractivity contribution is -0.914. The molecule has 0 amide bonds. The third-order valence-corrected chi connectivity index (χ3v) is 3.42. The summed E-state index contributed by atoms with van der Waals surface area (Å²) in [6, 6.07) is 0.700. The second kappa shape index (κ2) is 5.10. The molecule has 1 fully saturated rings. The number of nitrogens with zero attached hydrogens (tertiary/aromatic N) is 2. The molecular formula is C11H25N2O+. The number of likely N-dealkylation sites (N-methyl/N-ethyl adjacent to an activating group) is 1. The first-order chi connectivity index (χ1) is 6.57. The highest BCUT2D eigenvalue weighted by atomic mass is 16.5. The van der Waals surface area contributed by atoms with Crippen LogP contribution >= 0.6 is 0 Å². The van der Waals surface area contributed by atoms with Crippen molar-refractivity contribution in [2.24, 2.45) is 0 Å². The lowest BCUT2D eigenvalue weighted by Crippen LogP contribution is -2.59. The van der Waals surface area contributed by atoms with Crippen molar-refractivity contribution in [3.8, 4) is 0 Å². The summed E-state index contributed by atoms with van der Waals surface area (Å²) in [4.78, 5) is 2.56. The number of methoxy groups -OCH3 is 1. The number of quaternary nitrogens is 1. The van der Waals surface area contributed by atoms with Gasteiger partial charge in [0.25, 0.3) is 0 Å². The molecule has 0 N–H and O–H groups in total. The minimum absolute atomic E-state index is 0.700. The van der Waals surface area contributed by atoms with Crippen LogP contribution in [0.2, 0.25) is 0 Å². The average Bonchev–Trinajstić information content (AvgIpc) is 2.16. The van der Waals surface area contributed by atoms with Gasteiger partial charge in [-0.25, -0.2) is 0 Å². The minimum atomic E-state index is 0.700. The van der Waals surface area contributed by atoms with E-state index in [1.165, 1.54) is 30.7 Å². The molecule has 14 heavy (non-hydrogen) atoms. The molecular weight excluding hydrogens is 176 g/mol. The highest BCUT2D eigenvalue weighted by Crippen LogP contribution is 2.11. The van der Waals surface area contributed by atoms with E-state index in [2.05, 4.69) is 25.8 Å². The van der Waals surface area contributed by atoms with Crippen molar-refractivity contribution in [1.82, 2.24) is 4.90 Å². The molecule has 84 valence electrons. The van der Waals surface area contributed by atoms with Gasteiger partial charge in [-0.05, 0) is 13.8 Å². The van der Waals surface area contributed by atoms with Crippen molar-refractivity contribution in [3.05, 3.63) is 0 Å². The van der Waals surface area contributed by atoms with Crippen LogP contribution in [0.3, 0.4) is 0 Å². The van der Waals surface area contributed by atoms with E-state index in [9.17, 15) is 0 Å². The van der Waals surface area contributed by atoms with Gasteiger partial charge in [0.05, 0.1) is 26.7 Å². The Bertz CT molecular complexity index is 163. The lowest BCUT2D eigenvalue weighted by atomic mass is 10.2. The van der Waals surface area contributed by atoms with Gasteiger partial charge in [-0.3, -0.25) is 4.90 Å². The molecule has 0 spiro atoms. The second-order valence-electron chi connectivity index (χ2n) is 4.91. The Kier molecular flexibility index (Phi) is 4.35. The Morgan fingerprint density at radius 2 is 1.86 bits per heavy atom. The first-order valence-corrected chi connectivity index (χ1v) is 5.64. The Morgan fingerprint density at radius 1 is 1.29 bits per heavy atom. The SMILES string of the molecule is COCC[N+]1(C)CCN(C(C)C)CC1. The summed E-state index contributed by atoms with van der Waals surface area (Å²) in [5.74, 6) is 0. The third-order valence-electron chi connectivity index (χ3n) is 3.42. The number of piperazine rings is 1. The van der Waals surface area contributed by atoms with Gasteiger partial charge in [-0.1, -0.05) is 0 Å². The number of ether oxygens (including phenoxy) is 1. The zero-order valence-electron chi connectivity index (χ0n) is 10.1. The molecule has 1 rings (SSSR count). The van der Waals surface area contributed by atoms with Gasteiger partial charge in [-0.2, -0.15) is 0 Å². The van der Waals surface area contributed by atoms with Gasteiger partial charge >= 0.3 is 0 Å². The van der Waals surface area contributed by atoms with E-state index in [0.717, 1.165) is 13.2 Å². The lowest BCUT2D eigenvalue weighted by Gasteiger charge is -2.43. The Labute approximate surface area is 88.2 Å². The van der Waals surface area contributed by atoms with Gasteiger partial charge in [0.1, 0.15) is 6.54 Å². The molecule has 0 unspecified atom stereocenters. The van der Waals surface area contributed by atoms with E-state index in [1.54, 1.807) is 7.11 Å². The molecule has 0 atom stereocenters. The molecule has 1 heterocycles. The Morgan fingerprint density at radius 3 is 2.29 bits per heavy atom. The summed E-state index contributed by atoms with van der Waals surface area (Å²) in [5.41, 5.74) is 0. The summed E-state index contributed by atoms with van der Waals surface area (Å²) < 4.78 is 6.33. The van der Waals surface area contributed by atoms with Crippen LogP contribution in [0.1, 0.15) is 13.8 Å². The topological polar surface area (TPSA) is 12.5 Å². The first kappa shape index (κ1) is 12.0. The van der Waals surface area contributed by atoms with Crippen LogP contribution in [0.5, 0.6) is 0 Å². The van der Waals surface area contributed by atoms with Crippen LogP contribution in [0.15, 0.2) is 0 Å². The molecule has 0 aromatic carbocycles. The average molecular weight is 201 g/mol. The zero-order chi connectivity index (χ0) is 10.6. The van der Waals surface area contributed by atoms with Crippen LogP contribution < -0.4 is 0 Å². The van der Waals surface area contributed by atoms with E-state index in [0.29, 0.717) is 6.04 Å². The summed E-state index contributed by atoms with van der Waals surface area (Å²) in [6.45, 7) is 11.6. The van der Waals surface area contributed by atoms with E-state index in [1.807, 2.05) is 0 Å². The molecule has 1 saturated heterocycles. The molecule has 0 bridgehead atoms. The fraction of sp³-hybridized carbons (Fsp3) is 1.00. The molecule has 0 radical (unpaired) electrons. The molecule has 1 aliphatic heterocycles. The fourth-order valence-electron chi connectivity index (χ4n) is 2.02. The van der Waals surface area contributed by atoms with Crippen molar-refractivity contribution in [2.45, 2.75) is 19.9 Å². The Hall–Kier alpha value is -0.120. The predicted molar refractivity (Wildman–Crippen MR) is 59.4 cm³/mol. The van der Waals surface area contributed by atoms with E-state index in [-0.39, 0.29) is 0 Å². The molecule has 3 nitrogen and oxygen atoms in total. The van der Waals surface area contributed by atoms with Crippen LogP contribution in [-0.4, -0.2) is 68.9 Å². The van der Waals surface area contributed by atoms with Crippen LogP contribution in [-0.2, 0) is 4.74 Å². The quantitative estimate of drug-likeness (QED) is 0.624. The van der Waals surface area contributed by atoms with E-state index < -0.39 is 0 Å². The van der Waals surface area contributed by atoms with Gasteiger partial charge in [0.15, 0.2) is 0 Å². The van der Waals surface area contributed by atoms with Crippen molar-refractivity contribution in [2.75, 3.05) is 53.5 Å². The second-order valence-corrected chi connectivity index (χ2v) is 4.91. The van der Waals surface area contributed by atoms with Crippen LogP contribution in [0.25, 0.3) is 0 Å². The largest absolute Gasteiger partial charge is 0.379 e. The molecule has 0 aromatic rings. The Balaban J connectivity index is 2.33. The smallest absolute Gasteiger partial charge is 0.102 e. The number of rotatable bonds is 4. The molecule has 3 heteroatoms. The van der Waals surface area contributed by atoms with E-state index >= 15 is 0 Å². The zero-order valence-corrected chi connectivity index (χ0v) is 10.1. The number of hydrogen-bond acceptors (Lipinski definition) is 2. The minimum Gasteiger partial charge on any atom is -0.379 e. The third kappa shape index (κ3) is 3.23. The summed E-state index contributed by atoms with van der Waals surface area (Å²) >= 11 is 0. The highest BCUT2D eigenvalue weighted by Gasteiger charge is 2.28. The highest BCUT2D eigenvalue weighted by molar-refractivity contribution is 4.66. The molecule has 1 aliphatic rings. The van der Waals surface area contributed by atoms with Gasteiger partial charge < -0.3 is 9.22 Å². The van der Waals surface area contributed by atoms with Gasteiger partial charge in [0.2, 0.25) is 0 Å². The fourth-order valence-corrected chi connectivity index (χ4v) is 2.02. The van der Waals surface area contributed by atoms with Crippen LogP contribution in [0.4, 0.5) is 0 Å².